The molecule has 0 unspecified atom stereocenters. The molecule has 0 spiro atoms. The van der Waals surface area contributed by atoms with Crippen molar-refractivity contribution in [2.24, 2.45) is 0 Å². The lowest BCUT2D eigenvalue weighted by Gasteiger charge is -2.41. The average molecular weight is 638 g/mol. The predicted molar refractivity (Wildman–Crippen MR) is 172 cm³/mol. The Kier molecular flexibility index (Phi) is 7.77. The van der Waals surface area contributed by atoms with Crippen molar-refractivity contribution >= 4 is 33.4 Å². The van der Waals surface area contributed by atoms with Crippen molar-refractivity contribution in [2.45, 2.75) is 50.4 Å². The Balaban J connectivity index is 1.36. The number of hydrogen-bond acceptors (Lipinski definition) is 9. The number of anilines is 1. The Morgan fingerprint density at radius 3 is 2.87 bits per heavy atom. The second-order valence-corrected chi connectivity index (χ2v) is 12.6. The molecule has 3 aliphatic rings. The summed E-state index contributed by atoms with van der Waals surface area (Å²) < 4.78 is 37.5. The fraction of sp³-hybridized carbons (Fsp3) is 0.400. The number of carbonyl (C=O) groups excluding carboxylic acids is 1. The molecule has 12 heteroatoms. The number of carbonyl (C=O) groups is 1. The van der Waals surface area contributed by atoms with E-state index in [1.165, 1.54) is 19.2 Å². The molecule has 7 rings (SSSR count). The number of terminal acetylenes is 1. The van der Waals surface area contributed by atoms with Crippen molar-refractivity contribution < 1.29 is 23.4 Å². The smallest absolute Gasteiger partial charge is 0.319 e. The van der Waals surface area contributed by atoms with Gasteiger partial charge in [-0.05, 0) is 43.0 Å². The number of phenolic OH excluding ortho intramolecular Hbond substituents is 1. The molecule has 0 bridgehead atoms. The van der Waals surface area contributed by atoms with Crippen LogP contribution in [0.4, 0.5) is 14.6 Å². The van der Waals surface area contributed by atoms with Gasteiger partial charge in [0.05, 0.1) is 29.5 Å². The van der Waals surface area contributed by atoms with Crippen LogP contribution in [-0.4, -0.2) is 92.8 Å². The number of amides is 1. The first-order valence-electron chi connectivity index (χ1n) is 15.7. The van der Waals surface area contributed by atoms with E-state index in [2.05, 4.69) is 26.9 Å². The van der Waals surface area contributed by atoms with Gasteiger partial charge in [-0.15, -0.1) is 6.42 Å². The molecule has 3 atom stereocenters. The van der Waals surface area contributed by atoms with Gasteiger partial charge < -0.3 is 19.6 Å². The average Bonchev–Trinajstić information content (AvgIpc) is 3.58. The number of aromatic hydroxyl groups is 1. The van der Waals surface area contributed by atoms with E-state index in [4.69, 9.17) is 16.1 Å². The molecular weight excluding hydrogens is 604 g/mol. The Bertz CT molecular complexity index is 1990. The third-order valence-corrected chi connectivity index (χ3v) is 9.76. The number of hydrogen-bond donors (Lipinski definition) is 1. The highest BCUT2D eigenvalue weighted by molar-refractivity contribution is 6.02. The normalized spacial score (nSPS) is 22.7. The Morgan fingerprint density at radius 1 is 1.23 bits per heavy atom. The zero-order chi connectivity index (χ0) is 32.9. The molecule has 0 aliphatic carbocycles. The van der Waals surface area contributed by atoms with Gasteiger partial charge in [-0.2, -0.15) is 15.2 Å². The van der Waals surface area contributed by atoms with Crippen molar-refractivity contribution in [3.8, 4) is 41.4 Å². The number of piperazine rings is 1. The second kappa shape index (κ2) is 11.9. The van der Waals surface area contributed by atoms with E-state index in [-0.39, 0.29) is 48.5 Å². The van der Waals surface area contributed by atoms with Crippen molar-refractivity contribution in [3.05, 3.63) is 47.9 Å². The number of halogens is 2. The van der Waals surface area contributed by atoms with Crippen LogP contribution in [0.15, 0.2) is 36.5 Å². The Morgan fingerprint density at radius 2 is 2.09 bits per heavy atom. The largest absolute Gasteiger partial charge is 0.508 e. The van der Waals surface area contributed by atoms with E-state index < -0.39 is 23.6 Å². The number of ether oxygens (including phenoxy) is 1. The lowest BCUT2D eigenvalue weighted by Crippen LogP contribution is -2.55. The molecule has 3 fully saturated rings. The molecule has 3 aliphatic heterocycles. The van der Waals surface area contributed by atoms with Crippen molar-refractivity contribution in [2.75, 3.05) is 44.2 Å². The van der Waals surface area contributed by atoms with Crippen LogP contribution in [0, 0.1) is 29.5 Å². The highest BCUT2D eigenvalue weighted by Crippen LogP contribution is 2.41. The van der Waals surface area contributed by atoms with Crippen molar-refractivity contribution in [1.82, 2.24) is 24.8 Å². The van der Waals surface area contributed by atoms with E-state index in [0.29, 0.717) is 59.2 Å². The van der Waals surface area contributed by atoms with E-state index in [1.54, 1.807) is 29.2 Å². The first-order chi connectivity index (χ1) is 22.7. The highest BCUT2D eigenvalue weighted by atomic mass is 19.1. The van der Waals surface area contributed by atoms with Gasteiger partial charge in [-0.1, -0.05) is 18.1 Å². The molecule has 3 saturated heterocycles. The first-order valence-corrected chi connectivity index (χ1v) is 15.7. The minimum atomic E-state index is -0.947. The summed E-state index contributed by atoms with van der Waals surface area (Å²) in [6, 6.07) is 9.96. The summed E-state index contributed by atoms with van der Waals surface area (Å²) in [4.78, 5) is 31.8. The number of phenols is 1. The van der Waals surface area contributed by atoms with Crippen LogP contribution in [0.25, 0.3) is 32.9 Å². The number of aromatic nitrogens is 3. The molecule has 1 amide bonds. The van der Waals surface area contributed by atoms with Gasteiger partial charge in [0, 0.05) is 62.2 Å². The maximum Gasteiger partial charge on any atom is 0.319 e. The van der Waals surface area contributed by atoms with Crippen LogP contribution in [0.1, 0.15) is 38.2 Å². The summed E-state index contributed by atoms with van der Waals surface area (Å²) in [6.45, 7) is 3.77. The van der Waals surface area contributed by atoms with Gasteiger partial charge >= 0.3 is 6.01 Å². The Labute approximate surface area is 270 Å². The molecule has 0 saturated carbocycles. The molecule has 2 aromatic heterocycles. The lowest BCUT2D eigenvalue weighted by atomic mass is 9.95. The first kappa shape index (κ1) is 30.6. The van der Waals surface area contributed by atoms with Gasteiger partial charge in [-0.25, -0.2) is 8.78 Å². The van der Waals surface area contributed by atoms with Gasteiger partial charge in [0.2, 0.25) is 5.91 Å². The van der Waals surface area contributed by atoms with Gasteiger partial charge in [0.25, 0.3) is 0 Å². The van der Waals surface area contributed by atoms with E-state index in [0.717, 1.165) is 19.4 Å². The molecule has 47 heavy (non-hydrogen) atoms. The standard InChI is InChI=1S/C35H33F2N7O3/c1-3-22-6-4-7-23-14-26(46)15-27(29(22)23)31-30(37)32-28(17-39-31)33(42-12-13-44(21(2)45)25(19-42)8-10-38)41-34(40-32)47-20-35-9-5-11-43(35)18-24(36)16-35/h1,4,6-7,14-15,17,24-25,46H,5,8-9,11-13,16,18-20H2,2H3/t24-,25+,35+/m1/s1. The number of nitriles is 1. The third-order valence-electron chi connectivity index (χ3n) is 9.76. The second-order valence-electron chi connectivity index (χ2n) is 12.6. The highest BCUT2D eigenvalue weighted by Gasteiger charge is 2.49. The number of benzene rings is 2. The molecule has 0 radical (unpaired) electrons. The summed E-state index contributed by atoms with van der Waals surface area (Å²) in [7, 11) is 0. The fourth-order valence-electron chi connectivity index (χ4n) is 7.62. The molecule has 4 aromatic rings. The van der Waals surface area contributed by atoms with E-state index in [1.807, 2.05) is 4.90 Å². The maximum absolute atomic E-state index is 16.8. The number of fused-ring (bicyclic) bond motifs is 3. The van der Waals surface area contributed by atoms with Crippen LogP contribution in [0.3, 0.4) is 0 Å². The van der Waals surface area contributed by atoms with Crippen LogP contribution in [0.5, 0.6) is 11.8 Å². The van der Waals surface area contributed by atoms with Crippen LogP contribution in [-0.2, 0) is 4.79 Å². The van der Waals surface area contributed by atoms with Gasteiger partial charge in [0.15, 0.2) is 5.82 Å². The predicted octanol–water partition coefficient (Wildman–Crippen LogP) is 4.58. The summed E-state index contributed by atoms with van der Waals surface area (Å²) in [5.41, 5.74) is 0.237. The molecule has 2 aromatic carbocycles. The van der Waals surface area contributed by atoms with Gasteiger partial charge in [0.1, 0.15) is 35.6 Å². The summed E-state index contributed by atoms with van der Waals surface area (Å²) >= 11 is 0. The maximum atomic E-state index is 16.8. The third kappa shape index (κ3) is 5.33. The number of alkyl halides is 1. The summed E-state index contributed by atoms with van der Waals surface area (Å²) in [5, 5.41) is 21.6. The molecule has 240 valence electrons. The van der Waals surface area contributed by atoms with E-state index >= 15 is 4.39 Å². The van der Waals surface area contributed by atoms with Crippen molar-refractivity contribution in [1.29, 1.82) is 5.26 Å². The summed E-state index contributed by atoms with van der Waals surface area (Å²) in [6.07, 6.45) is 8.52. The quantitative estimate of drug-likeness (QED) is 0.303. The molecular formula is C35H33F2N7O3. The fourth-order valence-corrected chi connectivity index (χ4v) is 7.62. The van der Waals surface area contributed by atoms with Crippen LogP contribution in [0.2, 0.25) is 0 Å². The van der Waals surface area contributed by atoms with Gasteiger partial charge in [-0.3, -0.25) is 14.7 Å². The molecule has 5 heterocycles. The lowest BCUT2D eigenvalue weighted by molar-refractivity contribution is -0.131. The van der Waals surface area contributed by atoms with Crippen LogP contribution >= 0.6 is 0 Å². The minimum Gasteiger partial charge on any atom is -0.508 e. The Hall–Kier alpha value is -5.07. The zero-order valence-electron chi connectivity index (χ0n) is 25.9. The molecule has 10 nitrogen and oxygen atoms in total. The number of nitrogens with zero attached hydrogens (tertiary/aromatic N) is 7. The SMILES string of the molecule is C#Cc1cccc2cc(O)cc(-c3ncc4c(N5CCN(C(C)=O)[C@@H](CC#N)C5)nc(OC[C@@]56CCCN5C[C@H](F)C6)nc4c3F)c12. The van der Waals surface area contributed by atoms with Crippen molar-refractivity contribution in [3.63, 3.8) is 0 Å². The minimum absolute atomic E-state index is 0.0499. The monoisotopic (exact) mass is 637 g/mol. The zero-order valence-corrected chi connectivity index (χ0v) is 25.9. The molecule has 1 N–H and O–H groups in total. The number of pyridine rings is 1. The van der Waals surface area contributed by atoms with E-state index in [9.17, 15) is 19.6 Å². The van der Waals surface area contributed by atoms with Crippen LogP contribution < -0.4 is 9.64 Å². The number of rotatable bonds is 6. The topological polar surface area (TPSA) is 119 Å². The summed E-state index contributed by atoms with van der Waals surface area (Å²) in [5.74, 6) is 2.03.